The van der Waals surface area contributed by atoms with E-state index in [1.165, 1.54) is 4.90 Å². The first-order valence-corrected chi connectivity index (χ1v) is 11.3. The van der Waals surface area contributed by atoms with Gasteiger partial charge in [0.1, 0.15) is 6.61 Å². The van der Waals surface area contributed by atoms with Gasteiger partial charge < -0.3 is 19.1 Å². The van der Waals surface area contributed by atoms with Gasteiger partial charge in [0.2, 0.25) is 0 Å². The quantitative estimate of drug-likeness (QED) is 0.633. The highest BCUT2D eigenvalue weighted by atomic mass is 32.2. The van der Waals surface area contributed by atoms with Gasteiger partial charge in [-0.2, -0.15) is 8.42 Å². The third-order valence-corrected chi connectivity index (χ3v) is 5.34. The average Bonchev–Trinajstić information content (AvgIpc) is 3.08. The maximum absolute atomic E-state index is 12.6. The van der Waals surface area contributed by atoms with Gasteiger partial charge in [0, 0.05) is 6.61 Å². The Morgan fingerprint density at radius 1 is 1.25 bits per heavy atom. The Morgan fingerprint density at radius 2 is 2.04 bits per heavy atom. The molecule has 0 bridgehead atoms. The lowest BCUT2D eigenvalue weighted by molar-refractivity contribution is -0.185. The number of ether oxygens (including phenoxy) is 3. The maximum atomic E-state index is 12.6. The van der Waals surface area contributed by atoms with Crippen LogP contribution in [0, 0.1) is 0 Å². The fourth-order valence-corrected chi connectivity index (χ4v) is 3.80. The highest BCUT2D eigenvalue weighted by Gasteiger charge is 2.39. The fourth-order valence-electron chi connectivity index (χ4n) is 3.39. The van der Waals surface area contributed by atoms with E-state index in [-0.39, 0.29) is 25.6 Å². The van der Waals surface area contributed by atoms with E-state index in [1.807, 2.05) is 30.3 Å². The summed E-state index contributed by atoms with van der Waals surface area (Å²) in [7, 11) is -3.60. The van der Waals surface area contributed by atoms with Crippen LogP contribution in [-0.4, -0.2) is 63.9 Å². The van der Waals surface area contributed by atoms with Crippen LogP contribution in [-0.2, 0) is 35.1 Å². The van der Waals surface area contributed by atoms with Crippen molar-refractivity contribution in [2.24, 2.45) is 0 Å². The largest absolute Gasteiger partial charge is 0.445 e. The SMILES string of the molecule is CS(=O)(=O)OC[C@@H]1C[C@H](OC2CCCCO2)CN1C(=O)OCc1ccccc1. The first kappa shape index (κ1) is 21.0. The van der Waals surface area contributed by atoms with Crippen LogP contribution in [0.3, 0.4) is 0 Å². The van der Waals surface area contributed by atoms with Gasteiger partial charge in [0.15, 0.2) is 6.29 Å². The molecule has 1 aromatic rings. The lowest BCUT2D eigenvalue weighted by Crippen LogP contribution is -2.39. The Bertz CT molecular complexity index is 734. The molecule has 2 aliphatic rings. The number of carbonyl (C=O) groups is 1. The molecular weight excluding hydrogens is 386 g/mol. The minimum absolute atomic E-state index is 0.120. The smallest absolute Gasteiger partial charge is 0.410 e. The molecule has 156 valence electrons. The predicted octanol–water partition coefficient (Wildman–Crippen LogP) is 2.29. The molecule has 1 amide bonds. The lowest BCUT2D eigenvalue weighted by Gasteiger charge is -2.25. The van der Waals surface area contributed by atoms with E-state index in [9.17, 15) is 13.2 Å². The second-order valence-electron chi connectivity index (χ2n) is 7.12. The molecule has 8 nitrogen and oxygen atoms in total. The summed E-state index contributed by atoms with van der Waals surface area (Å²) in [6.07, 6.45) is 3.30. The third-order valence-electron chi connectivity index (χ3n) is 4.77. The number of nitrogens with zero attached hydrogens (tertiary/aromatic N) is 1. The van der Waals surface area contributed by atoms with Crippen molar-refractivity contribution in [2.75, 3.05) is 26.0 Å². The standard InChI is InChI=1S/C19H27NO7S/c1-28(22,23)26-14-16-11-17(27-18-9-5-6-10-24-18)12-20(16)19(21)25-13-15-7-3-2-4-8-15/h2-4,7-8,16-18H,5-6,9-14H2,1H3/t16-,17-,18?/m0/s1. The number of amides is 1. The van der Waals surface area contributed by atoms with Crippen LogP contribution in [0.2, 0.25) is 0 Å². The van der Waals surface area contributed by atoms with Crippen LogP contribution < -0.4 is 0 Å². The van der Waals surface area contributed by atoms with Crippen LogP contribution in [0.25, 0.3) is 0 Å². The Labute approximate surface area is 165 Å². The molecule has 2 heterocycles. The zero-order valence-electron chi connectivity index (χ0n) is 16.0. The van der Waals surface area contributed by atoms with Crippen LogP contribution in [0.15, 0.2) is 30.3 Å². The molecule has 9 heteroatoms. The molecule has 0 aliphatic carbocycles. The van der Waals surface area contributed by atoms with Gasteiger partial charge >= 0.3 is 6.09 Å². The maximum Gasteiger partial charge on any atom is 0.410 e. The molecule has 1 aromatic carbocycles. The number of likely N-dealkylation sites (tertiary alicyclic amines) is 1. The van der Waals surface area contributed by atoms with Crippen LogP contribution in [0.5, 0.6) is 0 Å². The van der Waals surface area contributed by atoms with Gasteiger partial charge in [-0.3, -0.25) is 4.18 Å². The number of benzene rings is 1. The number of carbonyl (C=O) groups excluding carboxylic acids is 1. The molecule has 1 unspecified atom stereocenters. The molecular formula is C19H27NO7S. The van der Waals surface area contributed by atoms with Gasteiger partial charge in [0.05, 0.1) is 31.6 Å². The summed E-state index contributed by atoms with van der Waals surface area (Å²) in [6, 6.07) is 8.93. The summed E-state index contributed by atoms with van der Waals surface area (Å²) < 4.78 is 44.7. The van der Waals surface area contributed by atoms with Gasteiger partial charge in [-0.05, 0) is 31.2 Å². The molecule has 28 heavy (non-hydrogen) atoms. The predicted molar refractivity (Wildman–Crippen MR) is 101 cm³/mol. The summed E-state index contributed by atoms with van der Waals surface area (Å²) in [5.41, 5.74) is 0.877. The highest BCUT2D eigenvalue weighted by Crippen LogP contribution is 2.26. The van der Waals surface area contributed by atoms with E-state index in [1.54, 1.807) is 0 Å². The average molecular weight is 413 g/mol. The Balaban J connectivity index is 1.59. The first-order chi connectivity index (χ1) is 13.4. The monoisotopic (exact) mass is 413 g/mol. The second-order valence-corrected chi connectivity index (χ2v) is 8.77. The van der Waals surface area contributed by atoms with Gasteiger partial charge in [-0.15, -0.1) is 0 Å². The zero-order valence-corrected chi connectivity index (χ0v) is 16.8. The van der Waals surface area contributed by atoms with E-state index in [0.29, 0.717) is 19.6 Å². The summed E-state index contributed by atoms with van der Waals surface area (Å²) in [4.78, 5) is 14.1. The van der Waals surface area contributed by atoms with Gasteiger partial charge in [-0.1, -0.05) is 30.3 Å². The zero-order chi connectivity index (χ0) is 20.0. The molecule has 3 rings (SSSR count). The molecule has 0 aromatic heterocycles. The molecule has 0 spiro atoms. The van der Waals surface area contributed by atoms with Crippen molar-refractivity contribution in [3.05, 3.63) is 35.9 Å². The van der Waals surface area contributed by atoms with Crippen LogP contribution in [0.4, 0.5) is 4.79 Å². The molecule has 0 radical (unpaired) electrons. The second kappa shape index (κ2) is 9.69. The minimum Gasteiger partial charge on any atom is -0.445 e. The van der Waals surface area contributed by atoms with Crippen molar-refractivity contribution in [3.63, 3.8) is 0 Å². The molecule has 0 N–H and O–H groups in total. The number of hydrogen-bond acceptors (Lipinski definition) is 7. The van der Waals surface area contributed by atoms with E-state index in [0.717, 1.165) is 31.1 Å². The van der Waals surface area contributed by atoms with Crippen LogP contribution >= 0.6 is 0 Å². The number of rotatable bonds is 7. The first-order valence-electron chi connectivity index (χ1n) is 9.49. The third kappa shape index (κ3) is 6.44. The molecule has 3 atom stereocenters. The summed E-state index contributed by atoms with van der Waals surface area (Å²) in [5.74, 6) is 0. The molecule has 2 saturated heterocycles. The minimum atomic E-state index is -3.60. The number of hydrogen-bond donors (Lipinski definition) is 0. The van der Waals surface area contributed by atoms with E-state index >= 15 is 0 Å². The van der Waals surface area contributed by atoms with Gasteiger partial charge in [-0.25, -0.2) is 4.79 Å². The fraction of sp³-hybridized carbons (Fsp3) is 0.632. The molecule has 2 aliphatic heterocycles. The van der Waals surface area contributed by atoms with E-state index in [4.69, 9.17) is 18.4 Å². The lowest BCUT2D eigenvalue weighted by atomic mass is 10.2. The topological polar surface area (TPSA) is 91.4 Å². The summed E-state index contributed by atoms with van der Waals surface area (Å²) in [6.45, 7) is 1.00. The summed E-state index contributed by atoms with van der Waals surface area (Å²) in [5, 5.41) is 0. The Kier molecular flexibility index (Phi) is 7.28. The van der Waals surface area contributed by atoms with E-state index in [2.05, 4.69) is 0 Å². The molecule has 0 saturated carbocycles. The summed E-state index contributed by atoms with van der Waals surface area (Å²) >= 11 is 0. The van der Waals surface area contributed by atoms with Crippen molar-refractivity contribution < 1.29 is 31.6 Å². The molecule has 2 fully saturated rings. The van der Waals surface area contributed by atoms with Crippen molar-refractivity contribution >= 4 is 16.2 Å². The normalized spacial score (nSPS) is 25.6. The Hall–Kier alpha value is -1.68. The van der Waals surface area contributed by atoms with Crippen molar-refractivity contribution in [1.29, 1.82) is 0 Å². The van der Waals surface area contributed by atoms with Crippen molar-refractivity contribution in [3.8, 4) is 0 Å². The van der Waals surface area contributed by atoms with Crippen LogP contribution in [0.1, 0.15) is 31.2 Å². The Morgan fingerprint density at radius 3 is 2.71 bits per heavy atom. The van der Waals surface area contributed by atoms with E-state index < -0.39 is 22.3 Å². The van der Waals surface area contributed by atoms with Crippen molar-refractivity contribution in [2.45, 2.75) is 50.7 Å². The van der Waals surface area contributed by atoms with Gasteiger partial charge in [0.25, 0.3) is 10.1 Å². The van der Waals surface area contributed by atoms with Crippen molar-refractivity contribution in [1.82, 2.24) is 4.90 Å². The highest BCUT2D eigenvalue weighted by molar-refractivity contribution is 7.85.